The Bertz CT molecular complexity index is 589. The first-order chi connectivity index (χ1) is 10.0. The smallest absolute Gasteiger partial charge is 0.0739 e. The van der Waals surface area contributed by atoms with Gasteiger partial charge in [-0.05, 0) is 54.0 Å². The molecule has 1 aromatic heterocycles. The Labute approximate surface area is 135 Å². The van der Waals surface area contributed by atoms with Crippen LogP contribution < -0.4 is 5.73 Å². The number of rotatable bonds is 6. The fourth-order valence-electron chi connectivity index (χ4n) is 2.39. The van der Waals surface area contributed by atoms with Crippen LogP contribution in [0, 0.1) is 6.92 Å². The van der Waals surface area contributed by atoms with Gasteiger partial charge in [-0.2, -0.15) is 5.10 Å². The van der Waals surface area contributed by atoms with Crippen molar-refractivity contribution < 1.29 is 0 Å². The first-order valence-electron chi connectivity index (χ1n) is 7.33. The summed E-state index contributed by atoms with van der Waals surface area (Å²) in [5.74, 6) is 0. The van der Waals surface area contributed by atoms with Crippen molar-refractivity contribution in [3.63, 3.8) is 0 Å². The van der Waals surface area contributed by atoms with E-state index in [9.17, 15) is 0 Å². The van der Waals surface area contributed by atoms with Gasteiger partial charge in [-0.1, -0.05) is 19.1 Å². The summed E-state index contributed by atoms with van der Waals surface area (Å²) in [6, 6.07) is 8.10. The van der Waals surface area contributed by atoms with E-state index >= 15 is 0 Å². The minimum absolute atomic E-state index is 0.809. The lowest BCUT2D eigenvalue weighted by atomic mass is 10.2. The molecule has 0 spiro atoms. The van der Waals surface area contributed by atoms with Gasteiger partial charge in [0, 0.05) is 25.3 Å². The Balaban J connectivity index is 2.14. The molecule has 2 rings (SSSR count). The molecule has 4 nitrogen and oxygen atoms in total. The number of aromatic nitrogens is 2. The SMILES string of the molecule is CCN(Cc1ccc(N)cc1)Cc1c(Br)c(C)nn1CC. The second-order valence-corrected chi connectivity index (χ2v) is 6.00. The van der Waals surface area contributed by atoms with E-state index in [1.807, 2.05) is 19.1 Å². The number of aryl methyl sites for hydroxylation is 2. The van der Waals surface area contributed by atoms with Gasteiger partial charge in [0.25, 0.3) is 0 Å². The van der Waals surface area contributed by atoms with Crippen molar-refractivity contribution in [1.82, 2.24) is 14.7 Å². The number of hydrogen-bond acceptors (Lipinski definition) is 3. The molecule has 0 saturated carbocycles. The molecule has 0 aliphatic carbocycles. The van der Waals surface area contributed by atoms with Crippen LogP contribution in [0.1, 0.15) is 30.8 Å². The van der Waals surface area contributed by atoms with Crippen molar-refractivity contribution in [2.75, 3.05) is 12.3 Å². The molecular formula is C16H23BrN4. The lowest BCUT2D eigenvalue weighted by Gasteiger charge is -2.21. The maximum absolute atomic E-state index is 5.74. The molecular weight excluding hydrogens is 328 g/mol. The quantitative estimate of drug-likeness (QED) is 0.810. The molecule has 1 heterocycles. The van der Waals surface area contributed by atoms with E-state index in [4.69, 9.17) is 5.73 Å². The summed E-state index contributed by atoms with van der Waals surface area (Å²) in [4.78, 5) is 2.40. The van der Waals surface area contributed by atoms with E-state index in [-0.39, 0.29) is 0 Å². The fraction of sp³-hybridized carbons (Fsp3) is 0.438. The maximum atomic E-state index is 5.74. The van der Waals surface area contributed by atoms with Crippen LogP contribution in [0.4, 0.5) is 5.69 Å². The molecule has 0 radical (unpaired) electrons. The molecule has 0 fully saturated rings. The van der Waals surface area contributed by atoms with Crippen LogP contribution in [0.3, 0.4) is 0 Å². The fourth-order valence-corrected chi connectivity index (χ4v) is 2.80. The van der Waals surface area contributed by atoms with E-state index in [1.165, 1.54) is 11.3 Å². The highest BCUT2D eigenvalue weighted by Crippen LogP contribution is 2.23. The van der Waals surface area contributed by atoms with Crippen LogP contribution in [0.25, 0.3) is 0 Å². The van der Waals surface area contributed by atoms with Crippen LogP contribution in [0.15, 0.2) is 28.7 Å². The van der Waals surface area contributed by atoms with Gasteiger partial charge in [0.1, 0.15) is 0 Å². The van der Waals surface area contributed by atoms with E-state index < -0.39 is 0 Å². The number of nitrogens with zero attached hydrogens (tertiary/aromatic N) is 3. The second-order valence-electron chi connectivity index (χ2n) is 5.21. The third kappa shape index (κ3) is 3.86. The summed E-state index contributed by atoms with van der Waals surface area (Å²) in [6.45, 7) is 10.0. The predicted molar refractivity (Wildman–Crippen MR) is 91.0 cm³/mol. The Hall–Kier alpha value is -1.33. The summed E-state index contributed by atoms with van der Waals surface area (Å²) in [5.41, 5.74) is 10.1. The minimum atomic E-state index is 0.809. The molecule has 0 unspecified atom stereocenters. The predicted octanol–water partition coefficient (Wildman–Crippen LogP) is 3.58. The number of anilines is 1. The Kier molecular flexibility index (Phi) is 5.42. The molecule has 0 saturated heterocycles. The first kappa shape index (κ1) is 16.0. The van der Waals surface area contributed by atoms with Gasteiger partial charge in [-0.3, -0.25) is 9.58 Å². The van der Waals surface area contributed by atoms with Crippen molar-refractivity contribution in [3.8, 4) is 0 Å². The molecule has 0 atom stereocenters. The van der Waals surface area contributed by atoms with Crippen LogP contribution >= 0.6 is 15.9 Å². The second kappa shape index (κ2) is 7.09. The molecule has 0 bridgehead atoms. The molecule has 5 heteroatoms. The molecule has 2 aromatic rings. The van der Waals surface area contributed by atoms with E-state index in [0.29, 0.717) is 0 Å². The molecule has 2 N–H and O–H groups in total. The zero-order valence-electron chi connectivity index (χ0n) is 12.9. The van der Waals surface area contributed by atoms with E-state index in [2.05, 4.69) is 56.6 Å². The van der Waals surface area contributed by atoms with Crippen molar-refractivity contribution >= 4 is 21.6 Å². The van der Waals surface area contributed by atoms with Gasteiger partial charge in [0.15, 0.2) is 0 Å². The number of hydrogen-bond donors (Lipinski definition) is 1. The van der Waals surface area contributed by atoms with Gasteiger partial charge in [-0.15, -0.1) is 0 Å². The molecule has 0 aliphatic heterocycles. The van der Waals surface area contributed by atoms with Crippen LogP contribution in [-0.2, 0) is 19.6 Å². The van der Waals surface area contributed by atoms with Gasteiger partial charge in [0.05, 0.1) is 15.9 Å². The average Bonchev–Trinajstić information content (AvgIpc) is 2.76. The lowest BCUT2D eigenvalue weighted by molar-refractivity contribution is 0.262. The average molecular weight is 351 g/mol. The number of nitrogens with two attached hydrogens (primary N) is 1. The van der Waals surface area contributed by atoms with Gasteiger partial charge in [-0.25, -0.2) is 0 Å². The Morgan fingerprint density at radius 3 is 2.43 bits per heavy atom. The monoisotopic (exact) mass is 350 g/mol. The molecule has 114 valence electrons. The number of benzene rings is 1. The molecule has 1 aromatic carbocycles. The molecule has 0 amide bonds. The third-order valence-corrected chi connectivity index (χ3v) is 4.69. The summed E-state index contributed by atoms with van der Waals surface area (Å²) >= 11 is 3.67. The van der Waals surface area contributed by atoms with Gasteiger partial charge < -0.3 is 5.73 Å². The summed E-state index contributed by atoms with van der Waals surface area (Å²) in [6.07, 6.45) is 0. The number of nitrogen functional groups attached to an aromatic ring is 1. The van der Waals surface area contributed by atoms with Crippen molar-refractivity contribution in [2.24, 2.45) is 0 Å². The van der Waals surface area contributed by atoms with Crippen LogP contribution in [0.5, 0.6) is 0 Å². The van der Waals surface area contributed by atoms with Crippen molar-refractivity contribution in [2.45, 2.75) is 40.4 Å². The van der Waals surface area contributed by atoms with E-state index in [1.54, 1.807) is 0 Å². The highest BCUT2D eigenvalue weighted by atomic mass is 79.9. The van der Waals surface area contributed by atoms with E-state index in [0.717, 1.165) is 42.0 Å². The third-order valence-electron chi connectivity index (χ3n) is 3.66. The van der Waals surface area contributed by atoms with Gasteiger partial charge >= 0.3 is 0 Å². The highest BCUT2D eigenvalue weighted by Gasteiger charge is 2.15. The molecule has 0 aliphatic rings. The Morgan fingerprint density at radius 1 is 1.19 bits per heavy atom. The van der Waals surface area contributed by atoms with Crippen LogP contribution in [-0.4, -0.2) is 21.2 Å². The number of halogens is 1. The summed E-state index contributed by atoms with van der Waals surface area (Å²) in [7, 11) is 0. The summed E-state index contributed by atoms with van der Waals surface area (Å²) in [5, 5.41) is 4.56. The van der Waals surface area contributed by atoms with Gasteiger partial charge in [0.2, 0.25) is 0 Å². The lowest BCUT2D eigenvalue weighted by Crippen LogP contribution is -2.24. The zero-order chi connectivity index (χ0) is 15.4. The Morgan fingerprint density at radius 2 is 1.86 bits per heavy atom. The zero-order valence-corrected chi connectivity index (χ0v) is 14.5. The minimum Gasteiger partial charge on any atom is -0.399 e. The maximum Gasteiger partial charge on any atom is 0.0739 e. The highest BCUT2D eigenvalue weighted by molar-refractivity contribution is 9.10. The summed E-state index contributed by atoms with van der Waals surface area (Å²) < 4.78 is 3.20. The molecule has 21 heavy (non-hydrogen) atoms. The largest absolute Gasteiger partial charge is 0.399 e. The topological polar surface area (TPSA) is 47.1 Å². The normalized spacial score (nSPS) is 11.3. The first-order valence-corrected chi connectivity index (χ1v) is 8.13. The van der Waals surface area contributed by atoms with Crippen LogP contribution in [0.2, 0.25) is 0 Å². The van der Waals surface area contributed by atoms with Crippen molar-refractivity contribution in [3.05, 3.63) is 45.7 Å². The van der Waals surface area contributed by atoms with Crippen molar-refractivity contribution in [1.29, 1.82) is 0 Å². The standard InChI is InChI=1S/C16H23BrN4/c1-4-20(10-13-6-8-14(18)9-7-13)11-15-16(17)12(3)19-21(15)5-2/h6-9H,4-5,10-11,18H2,1-3H3.